The summed E-state index contributed by atoms with van der Waals surface area (Å²) in [6, 6.07) is 14.6. The fraction of sp³-hybridized carbons (Fsp3) is 0.333. The van der Waals surface area contributed by atoms with Crippen LogP contribution in [0, 0.1) is 0 Å². The van der Waals surface area contributed by atoms with E-state index in [2.05, 4.69) is 29.6 Å². The summed E-state index contributed by atoms with van der Waals surface area (Å²) in [5, 5.41) is 3.45. The summed E-state index contributed by atoms with van der Waals surface area (Å²) < 4.78 is 11.0. The Bertz CT molecular complexity index is 610. The molecule has 3 rings (SSSR count). The highest BCUT2D eigenvalue weighted by Gasteiger charge is 2.11. The summed E-state index contributed by atoms with van der Waals surface area (Å²) >= 11 is 0. The van der Waals surface area contributed by atoms with Crippen molar-refractivity contribution in [3.8, 4) is 11.5 Å². The highest BCUT2D eigenvalue weighted by molar-refractivity contribution is 5.48. The molecule has 0 unspecified atom stereocenters. The third-order valence-electron chi connectivity index (χ3n) is 3.64. The normalized spacial score (nSPS) is 12.6. The summed E-state index contributed by atoms with van der Waals surface area (Å²) in [5.74, 6) is 1.97. The van der Waals surface area contributed by atoms with E-state index in [1.807, 2.05) is 25.1 Å². The van der Waals surface area contributed by atoms with Crippen LogP contribution >= 0.6 is 0 Å². The fourth-order valence-corrected chi connectivity index (χ4v) is 2.61. The van der Waals surface area contributed by atoms with Crippen LogP contribution in [0.15, 0.2) is 42.5 Å². The summed E-state index contributed by atoms with van der Waals surface area (Å²) in [6.07, 6.45) is 2.04. The topological polar surface area (TPSA) is 30.5 Å². The lowest BCUT2D eigenvalue weighted by atomic mass is 10.1. The van der Waals surface area contributed by atoms with E-state index in [0.29, 0.717) is 6.61 Å². The number of anilines is 1. The van der Waals surface area contributed by atoms with Gasteiger partial charge in [-0.25, -0.2) is 0 Å². The van der Waals surface area contributed by atoms with E-state index in [9.17, 15) is 0 Å². The molecule has 2 aromatic rings. The van der Waals surface area contributed by atoms with Gasteiger partial charge in [0.1, 0.15) is 11.5 Å². The first-order valence-corrected chi connectivity index (χ1v) is 7.56. The number of hydrogen-bond acceptors (Lipinski definition) is 3. The number of benzene rings is 2. The Morgan fingerprint density at radius 1 is 1.19 bits per heavy atom. The largest absolute Gasteiger partial charge is 0.494 e. The fourth-order valence-electron chi connectivity index (χ4n) is 2.61. The van der Waals surface area contributed by atoms with Gasteiger partial charge in [-0.1, -0.05) is 18.2 Å². The first-order valence-electron chi connectivity index (χ1n) is 7.56. The number of fused-ring (bicyclic) bond motifs is 1. The molecule has 0 aromatic heterocycles. The van der Waals surface area contributed by atoms with E-state index in [4.69, 9.17) is 9.47 Å². The van der Waals surface area contributed by atoms with E-state index in [1.54, 1.807) is 0 Å². The Morgan fingerprint density at radius 2 is 2.14 bits per heavy atom. The zero-order valence-electron chi connectivity index (χ0n) is 12.4. The summed E-state index contributed by atoms with van der Waals surface area (Å²) in [5.41, 5.74) is 3.80. The monoisotopic (exact) mass is 283 g/mol. The quantitative estimate of drug-likeness (QED) is 0.877. The molecule has 0 aliphatic carbocycles. The van der Waals surface area contributed by atoms with Crippen LogP contribution in [0.5, 0.6) is 11.5 Å². The first kappa shape index (κ1) is 13.8. The van der Waals surface area contributed by atoms with E-state index < -0.39 is 0 Å². The lowest BCUT2D eigenvalue weighted by Crippen LogP contribution is -2.05. The van der Waals surface area contributed by atoms with Gasteiger partial charge in [0.05, 0.1) is 13.2 Å². The van der Waals surface area contributed by atoms with Crippen LogP contribution in [0.1, 0.15) is 18.1 Å². The van der Waals surface area contributed by atoms with Crippen molar-refractivity contribution < 1.29 is 9.47 Å². The van der Waals surface area contributed by atoms with Crippen molar-refractivity contribution in [2.75, 3.05) is 25.1 Å². The summed E-state index contributed by atoms with van der Waals surface area (Å²) in [6.45, 7) is 4.43. The summed E-state index contributed by atoms with van der Waals surface area (Å²) in [4.78, 5) is 0. The second kappa shape index (κ2) is 6.53. The average molecular weight is 283 g/mol. The molecule has 0 amide bonds. The first-order chi connectivity index (χ1) is 10.3. The maximum Gasteiger partial charge on any atom is 0.122 e. The zero-order valence-corrected chi connectivity index (χ0v) is 12.4. The highest BCUT2D eigenvalue weighted by Crippen LogP contribution is 2.26. The van der Waals surface area contributed by atoms with Crippen LogP contribution in [-0.2, 0) is 12.8 Å². The molecule has 0 saturated carbocycles. The van der Waals surface area contributed by atoms with Crippen molar-refractivity contribution in [1.82, 2.24) is 0 Å². The molecule has 1 N–H and O–H groups in total. The van der Waals surface area contributed by atoms with Crippen LogP contribution in [0.2, 0.25) is 0 Å². The third-order valence-corrected chi connectivity index (χ3v) is 3.64. The van der Waals surface area contributed by atoms with Crippen molar-refractivity contribution in [1.29, 1.82) is 0 Å². The zero-order chi connectivity index (χ0) is 14.5. The average Bonchev–Trinajstić information content (AvgIpc) is 2.96. The van der Waals surface area contributed by atoms with Gasteiger partial charge in [-0.2, -0.15) is 0 Å². The lowest BCUT2D eigenvalue weighted by Gasteiger charge is -2.09. The molecule has 0 saturated heterocycles. The maximum absolute atomic E-state index is 5.53. The second-order valence-electron chi connectivity index (χ2n) is 5.18. The van der Waals surface area contributed by atoms with Gasteiger partial charge in [0.15, 0.2) is 0 Å². The molecular formula is C18H21NO2. The van der Waals surface area contributed by atoms with Crippen molar-refractivity contribution in [2.45, 2.75) is 19.8 Å². The Labute approximate surface area is 125 Å². The number of hydrogen-bond donors (Lipinski definition) is 1. The molecule has 1 aliphatic heterocycles. The third kappa shape index (κ3) is 3.48. The number of rotatable bonds is 6. The van der Waals surface area contributed by atoms with Gasteiger partial charge in [0.25, 0.3) is 0 Å². The predicted octanol–water partition coefficient (Wildman–Crippen LogP) is 3.67. The van der Waals surface area contributed by atoms with E-state index in [1.165, 1.54) is 11.1 Å². The van der Waals surface area contributed by atoms with Gasteiger partial charge in [0.2, 0.25) is 0 Å². The van der Waals surface area contributed by atoms with Crippen LogP contribution in [0.4, 0.5) is 5.69 Å². The Kier molecular flexibility index (Phi) is 4.29. The minimum absolute atomic E-state index is 0.695. The molecule has 21 heavy (non-hydrogen) atoms. The molecule has 0 atom stereocenters. The van der Waals surface area contributed by atoms with Gasteiger partial charge < -0.3 is 14.8 Å². The van der Waals surface area contributed by atoms with E-state index in [0.717, 1.165) is 43.2 Å². The van der Waals surface area contributed by atoms with Crippen molar-refractivity contribution in [3.05, 3.63) is 53.6 Å². The molecule has 0 fully saturated rings. The van der Waals surface area contributed by atoms with E-state index >= 15 is 0 Å². The van der Waals surface area contributed by atoms with Crippen LogP contribution in [-0.4, -0.2) is 19.8 Å². The van der Waals surface area contributed by atoms with Crippen molar-refractivity contribution in [3.63, 3.8) is 0 Å². The SMILES string of the molecule is CCOc1cccc(NCCc2ccc3c(c2)CCO3)c1. The number of ether oxygens (including phenoxy) is 2. The van der Waals surface area contributed by atoms with Gasteiger partial charge in [-0.05, 0) is 42.7 Å². The predicted molar refractivity (Wildman–Crippen MR) is 85.4 cm³/mol. The molecule has 3 heteroatoms. The Balaban J connectivity index is 1.55. The van der Waals surface area contributed by atoms with Gasteiger partial charge in [-0.15, -0.1) is 0 Å². The van der Waals surface area contributed by atoms with Crippen molar-refractivity contribution >= 4 is 5.69 Å². The van der Waals surface area contributed by atoms with Crippen molar-refractivity contribution in [2.24, 2.45) is 0 Å². The molecule has 1 heterocycles. The maximum atomic E-state index is 5.53. The second-order valence-corrected chi connectivity index (χ2v) is 5.18. The minimum Gasteiger partial charge on any atom is -0.494 e. The lowest BCUT2D eigenvalue weighted by molar-refractivity contribution is 0.340. The molecule has 1 aliphatic rings. The van der Waals surface area contributed by atoms with Gasteiger partial charge in [-0.3, -0.25) is 0 Å². The van der Waals surface area contributed by atoms with Crippen LogP contribution in [0.3, 0.4) is 0 Å². The van der Waals surface area contributed by atoms with Crippen LogP contribution in [0.25, 0.3) is 0 Å². The highest BCUT2D eigenvalue weighted by atomic mass is 16.5. The van der Waals surface area contributed by atoms with Crippen LogP contribution < -0.4 is 14.8 Å². The molecule has 0 bridgehead atoms. The minimum atomic E-state index is 0.695. The summed E-state index contributed by atoms with van der Waals surface area (Å²) in [7, 11) is 0. The Morgan fingerprint density at radius 3 is 3.05 bits per heavy atom. The molecular weight excluding hydrogens is 262 g/mol. The standard InChI is InChI=1S/C18H21NO2/c1-2-20-17-5-3-4-16(13-17)19-10-8-14-6-7-18-15(12-14)9-11-21-18/h3-7,12-13,19H,2,8-11H2,1H3. The molecule has 0 radical (unpaired) electrons. The van der Waals surface area contributed by atoms with Gasteiger partial charge >= 0.3 is 0 Å². The number of nitrogens with one attached hydrogen (secondary N) is 1. The van der Waals surface area contributed by atoms with E-state index in [-0.39, 0.29) is 0 Å². The molecule has 0 spiro atoms. The molecule has 3 nitrogen and oxygen atoms in total. The van der Waals surface area contributed by atoms with Gasteiger partial charge in [0, 0.05) is 24.7 Å². The molecule has 2 aromatic carbocycles. The Hall–Kier alpha value is -2.16. The smallest absolute Gasteiger partial charge is 0.122 e. The molecule has 110 valence electrons.